The van der Waals surface area contributed by atoms with Crippen LogP contribution in [0.2, 0.25) is 0 Å². The SMILES string of the molecule is [C-]#[N+]c1cc(-n2c3ccc(-n4c5ccccc5c5ccccc54)cc3c3c4ccccc4ccc32)c(C#N)cc1-n1c2ccccc2c2c3cccc4c3c(cc21)-c1ccccc1-4. The normalized spacial score (nSPS) is 12.1. The zero-order chi connectivity index (χ0) is 41.5. The highest BCUT2D eigenvalue weighted by atomic mass is 15.0. The molecule has 0 atom stereocenters. The third-order valence-electron chi connectivity index (χ3n) is 13.6. The zero-order valence-electron chi connectivity index (χ0n) is 33.6. The molecule has 0 N–H and O–H groups in total. The van der Waals surface area contributed by atoms with E-state index in [0.29, 0.717) is 22.6 Å². The average molecular weight is 798 g/mol. The molecule has 0 unspecified atom stereocenters. The lowest BCUT2D eigenvalue weighted by Crippen LogP contribution is -2.02. The molecule has 0 saturated heterocycles. The predicted molar refractivity (Wildman–Crippen MR) is 260 cm³/mol. The second-order valence-electron chi connectivity index (χ2n) is 16.6. The highest BCUT2D eigenvalue weighted by Crippen LogP contribution is 2.52. The molecule has 1 aliphatic rings. The maximum Gasteiger partial charge on any atom is 0.212 e. The molecule has 3 aromatic heterocycles. The Morgan fingerprint density at radius 3 is 1.70 bits per heavy atom. The van der Waals surface area contributed by atoms with Gasteiger partial charge in [0.05, 0.1) is 56.6 Å². The molecule has 0 radical (unpaired) electrons. The Bertz CT molecular complexity index is 4240. The molecule has 3 heterocycles. The lowest BCUT2D eigenvalue weighted by atomic mass is 9.98. The molecule has 288 valence electrons. The molecule has 0 aliphatic heterocycles. The lowest BCUT2D eigenvalue weighted by molar-refractivity contribution is 1.14. The van der Waals surface area contributed by atoms with Crippen LogP contribution in [-0.4, -0.2) is 13.7 Å². The first-order valence-electron chi connectivity index (χ1n) is 21.2. The van der Waals surface area contributed by atoms with Crippen molar-refractivity contribution >= 4 is 92.6 Å². The molecule has 1 aliphatic carbocycles. The van der Waals surface area contributed by atoms with E-state index in [-0.39, 0.29) is 0 Å². The van der Waals surface area contributed by atoms with Gasteiger partial charge >= 0.3 is 0 Å². The summed E-state index contributed by atoms with van der Waals surface area (Å²) in [7, 11) is 0. The van der Waals surface area contributed by atoms with Crippen molar-refractivity contribution in [2.75, 3.05) is 0 Å². The molecular formula is C58H31N5. The Balaban J connectivity index is 1.06. The van der Waals surface area contributed by atoms with E-state index >= 15 is 0 Å². The molecule has 0 bridgehead atoms. The van der Waals surface area contributed by atoms with Crippen molar-refractivity contribution in [2.45, 2.75) is 0 Å². The van der Waals surface area contributed by atoms with Crippen LogP contribution in [0.5, 0.6) is 0 Å². The van der Waals surface area contributed by atoms with Crippen LogP contribution in [0.4, 0.5) is 5.69 Å². The van der Waals surface area contributed by atoms with Crippen molar-refractivity contribution in [3.8, 4) is 45.4 Å². The van der Waals surface area contributed by atoms with Crippen LogP contribution < -0.4 is 0 Å². The third kappa shape index (κ3) is 4.37. The molecule has 14 rings (SSSR count). The summed E-state index contributed by atoms with van der Waals surface area (Å²) in [5, 5.41) is 22.8. The minimum atomic E-state index is 0.468. The van der Waals surface area contributed by atoms with Gasteiger partial charge in [-0.15, -0.1) is 0 Å². The van der Waals surface area contributed by atoms with Gasteiger partial charge in [0, 0.05) is 38.0 Å². The summed E-state index contributed by atoms with van der Waals surface area (Å²) in [6, 6.07) is 69.1. The first-order chi connectivity index (χ1) is 31.2. The van der Waals surface area contributed by atoms with Crippen molar-refractivity contribution in [1.29, 1.82) is 5.26 Å². The van der Waals surface area contributed by atoms with Gasteiger partial charge in [-0.3, -0.25) is 0 Å². The van der Waals surface area contributed by atoms with E-state index in [1.54, 1.807) is 0 Å². The smallest absolute Gasteiger partial charge is 0.212 e. The highest BCUT2D eigenvalue weighted by molar-refractivity contribution is 6.29. The van der Waals surface area contributed by atoms with E-state index in [2.05, 4.69) is 201 Å². The first kappa shape index (κ1) is 33.9. The van der Waals surface area contributed by atoms with Crippen molar-refractivity contribution in [3.63, 3.8) is 0 Å². The molecule has 10 aromatic carbocycles. The number of hydrogen-bond donors (Lipinski definition) is 0. The molecule has 0 fully saturated rings. The maximum absolute atomic E-state index is 11.2. The van der Waals surface area contributed by atoms with E-state index in [1.165, 1.54) is 43.8 Å². The Kier molecular flexibility index (Phi) is 6.63. The summed E-state index contributed by atoms with van der Waals surface area (Å²) < 4.78 is 6.76. The standard InChI is InChI=1S/C58H31N5/c1-60-47-32-53(35(33-59)29-54(47)63-50-24-11-8-19-43(50)58-44-21-12-20-42-38-15-4-5-16-39(38)45(56(42)44)31-55(58)63)62-51-28-26-36(30-46(51)57-37-14-3-2-13-34(37)25-27-52(57)62)61-48-22-9-6-17-40(48)41-18-7-10-23-49(41)61/h2-32H. The fourth-order valence-corrected chi connectivity index (χ4v) is 11.1. The van der Waals surface area contributed by atoms with Crippen LogP contribution in [0.1, 0.15) is 5.56 Å². The van der Waals surface area contributed by atoms with Gasteiger partial charge in [0.15, 0.2) is 0 Å². The minimum Gasteiger partial charge on any atom is -0.319 e. The van der Waals surface area contributed by atoms with Crippen LogP contribution in [-0.2, 0) is 0 Å². The zero-order valence-corrected chi connectivity index (χ0v) is 33.6. The van der Waals surface area contributed by atoms with Crippen molar-refractivity contribution < 1.29 is 0 Å². The number of hydrogen-bond acceptors (Lipinski definition) is 1. The second-order valence-corrected chi connectivity index (χ2v) is 16.6. The van der Waals surface area contributed by atoms with E-state index in [0.717, 1.165) is 71.1 Å². The fraction of sp³-hybridized carbons (Fsp3) is 0. The second kappa shape index (κ2) is 12.3. The van der Waals surface area contributed by atoms with E-state index < -0.39 is 0 Å². The summed E-state index contributed by atoms with van der Waals surface area (Å²) in [4.78, 5) is 4.26. The summed E-state index contributed by atoms with van der Waals surface area (Å²) in [5.74, 6) is 0. The molecule has 13 aromatic rings. The number of benzene rings is 10. The Morgan fingerprint density at radius 1 is 0.381 bits per heavy atom. The third-order valence-corrected chi connectivity index (χ3v) is 13.6. The summed E-state index contributed by atoms with van der Waals surface area (Å²) in [6.07, 6.45) is 0. The first-order valence-corrected chi connectivity index (χ1v) is 21.2. The van der Waals surface area contributed by atoms with Crippen molar-refractivity contribution in [1.82, 2.24) is 13.7 Å². The van der Waals surface area contributed by atoms with Gasteiger partial charge in [0.2, 0.25) is 5.69 Å². The largest absolute Gasteiger partial charge is 0.319 e. The van der Waals surface area contributed by atoms with Crippen LogP contribution in [0.15, 0.2) is 188 Å². The Labute approximate surface area is 360 Å². The number of rotatable bonds is 3. The topological polar surface area (TPSA) is 42.9 Å². The van der Waals surface area contributed by atoms with Gasteiger partial charge in [0.25, 0.3) is 0 Å². The molecule has 0 saturated carbocycles. The maximum atomic E-state index is 11.2. The summed E-state index contributed by atoms with van der Waals surface area (Å²) >= 11 is 0. The van der Waals surface area contributed by atoms with Gasteiger partial charge < -0.3 is 13.7 Å². The van der Waals surface area contributed by atoms with E-state index in [1.807, 2.05) is 12.1 Å². The lowest BCUT2D eigenvalue weighted by Gasteiger charge is -2.16. The van der Waals surface area contributed by atoms with Gasteiger partial charge in [-0.25, -0.2) is 4.85 Å². The van der Waals surface area contributed by atoms with Crippen molar-refractivity contribution in [3.05, 3.63) is 205 Å². The Hall–Kier alpha value is -8.90. The van der Waals surface area contributed by atoms with Gasteiger partial charge in [-0.2, -0.15) is 5.26 Å². The number of aromatic nitrogens is 3. The van der Waals surface area contributed by atoms with E-state index in [4.69, 9.17) is 6.57 Å². The van der Waals surface area contributed by atoms with E-state index in [9.17, 15) is 5.26 Å². The summed E-state index contributed by atoms with van der Waals surface area (Å²) in [6.45, 7) is 8.76. The fourth-order valence-electron chi connectivity index (χ4n) is 11.1. The molecule has 0 spiro atoms. The predicted octanol–water partition coefficient (Wildman–Crippen LogP) is 15.4. The van der Waals surface area contributed by atoms with Crippen LogP contribution in [0.25, 0.3) is 131 Å². The molecule has 5 heteroatoms. The molecule has 63 heavy (non-hydrogen) atoms. The minimum absolute atomic E-state index is 0.468. The number of fused-ring (bicyclic) bond motifs is 15. The van der Waals surface area contributed by atoms with Gasteiger partial charge in [-0.1, -0.05) is 127 Å². The average Bonchev–Trinajstić information content (AvgIpc) is 4.07. The molecular weight excluding hydrogens is 767 g/mol. The number of nitrogens with zero attached hydrogens (tertiary/aromatic N) is 5. The molecule has 5 nitrogen and oxygen atoms in total. The van der Waals surface area contributed by atoms with Gasteiger partial charge in [0.1, 0.15) is 6.07 Å². The van der Waals surface area contributed by atoms with Crippen molar-refractivity contribution in [2.24, 2.45) is 0 Å². The van der Waals surface area contributed by atoms with Crippen LogP contribution in [0.3, 0.4) is 0 Å². The van der Waals surface area contributed by atoms with Crippen LogP contribution in [0, 0.1) is 17.9 Å². The molecule has 0 amide bonds. The monoisotopic (exact) mass is 797 g/mol. The summed E-state index contributed by atoms with van der Waals surface area (Å²) in [5.41, 5.74) is 14.5. The number of nitriles is 1. The van der Waals surface area contributed by atoms with Crippen LogP contribution >= 0.6 is 0 Å². The number of para-hydroxylation sites is 3. The quantitative estimate of drug-likeness (QED) is 0.164. The highest BCUT2D eigenvalue weighted by Gasteiger charge is 2.27. The van der Waals surface area contributed by atoms with Gasteiger partial charge in [-0.05, 0) is 104 Å². The Morgan fingerprint density at radius 2 is 0.952 bits per heavy atom.